The summed E-state index contributed by atoms with van der Waals surface area (Å²) in [6.07, 6.45) is 4.58. The molecule has 1 fully saturated rings. The van der Waals surface area contributed by atoms with E-state index in [1.54, 1.807) is 6.26 Å². The molecular formula is C15H22N2O3S. The molecular weight excluding hydrogens is 288 g/mol. The number of nitrogens with one attached hydrogen (secondary N) is 2. The molecule has 0 radical (unpaired) electrons. The summed E-state index contributed by atoms with van der Waals surface area (Å²) in [7, 11) is -0.978. The number of carbonyl (C=O) groups is 1. The summed E-state index contributed by atoms with van der Waals surface area (Å²) in [4.78, 5) is 12.6. The van der Waals surface area contributed by atoms with Crippen molar-refractivity contribution in [2.75, 3.05) is 6.26 Å². The molecule has 0 aliphatic heterocycles. The van der Waals surface area contributed by atoms with E-state index >= 15 is 0 Å². The average Bonchev–Trinajstić information content (AvgIpc) is 2.48. The maximum absolute atomic E-state index is 11.8. The first-order valence-electron chi connectivity index (χ1n) is 7.19. The molecule has 2 amide bonds. The number of aliphatic hydroxyl groups excluding tert-OH is 1. The molecule has 3 N–H and O–H groups in total. The van der Waals surface area contributed by atoms with Crippen molar-refractivity contribution in [2.24, 2.45) is 0 Å². The number of urea groups is 1. The minimum absolute atomic E-state index is 0.151. The fraction of sp³-hybridized carbons (Fsp3) is 0.533. The van der Waals surface area contributed by atoms with E-state index in [1.807, 2.05) is 24.3 Å². The van der Waals surface area contributed by atoms with Gasteiger partial charge >= 0.3 is 6.03 Å². The van der Waals surface area contributed by atoms with Crippen LogP contribution in [-0.4, -0.2) is 33.7 Å². The lowest BCUT2D eigenvalue weighted by Crippen LogP contribution is -2.43. The van der Waals surface area contributed by atoms with Crippen LogP contribution < -0.4 is 10.6 Å². The molecule has 0 saturated heterocycles. The summed E-state index contributed by atoms with van der Waals surface area (Å²) < 4.78 is 11.3. The molecule has 1 saturated carbocycles. The van der Waals surface area contributed by atoms with Crippen LogP contribution in [0.4, 0.5) is 4.79 Å². The zero-order valence-electron chi connectivity index (χ0n) is 12.2. The Bertz CT molecular complexity index is 496. The summed E-state index contributed by atoms with van der Waals surface area (Å²) in [5, 5.41) is 15.2. The first-order chi connectivity index (χ1) is 10.0. The molecule has 1 aromatic carbocycles. The van der Waals surface area contributed by atoms with Crippen molar-refractivity contribution < 1.29 is 14.1 Å². The van der Waals surface area contributed by atoms with Crippen molar-refractivity contribution in [2.45, 2.75) is 49.3 Å². The van der Waals surface area contributed by atoms with Crippen molar-refractivity contribution >= 4 is 16.8 Å². The number of amides is 2. The molecule has 0 aromatic heterocycles. The van der Waals surface area contributed by atoms with E-state index in [1.165, 1.54) is 0 Å². The zero-order chi connectivity index (χ0) is 15.2. The minimum atomic E-state index is -0.978. The van der Waals surface area contributed by atoms with Crippen LogP contribution in [0, 0.1) is 0 Å². The van der Waals surface area contributed by atoms with E-state index in [4.69, 9.17) is 0 Å². The molecule has 1 unspecified atom stereocenters. The molecule has 21 heavy (non-hydrogen) atoms. The third-order valence-corrected chi connectivity index (χ3v) is 4.68. The third-order valence-electron chi connectivity index (χ3n) is 3.74. The number of benzene rings is 1. The predicted octanol–water partition coefficient (Wildman–Crippen LogP) is 1.53. The smallest absolute Gasteiger partial charge is 0.315 e. The largest absolute Gasteiger partial charge is 0.393 e. The third kappa shape index (κ3) is 5.13. The van der Waals surface area contributed by atoms with Gasteiger partial charge in [-0.25, -0.2) is 4.79 Å². The number of carbonyl (C=O) groups excluding carboxylic acids is 1. The van der Waals surface area contributed by atoms with Crippen LogP contribution in [0.3, 0.4) is 0 Å². The molecule has 0 heterocycles. The van der Waals surface area contributed by atoms with Gasteiger partial charge in [0.1, 0.15) is 0 Å². The van der Waals surface area contributed by atoms with Crippen molar-refractivity contribution in [1.82, 2.24) is 10.6 Å². The second-order valence-electron chi connectivity index (χ2n) is 5.43. The van der Waals surface area contributed by atoms with E-state index < -0.39 is 10.8 Å². The highest BCUT2D eigenvalue weighted by Gasteiger charge is 2.20. The molecule has 0 spiro atoms. The van der Waals surface area contributed by atoms with Gasteiger partial charge in [0.05, 0.1) is 6.10 Å². The van der Waals surface area contributed by atoms with Crippen LogP contribution in [0.1, 0.15) is 31.2 Å². The van der Waals surface area contributed by atoms with Crippen LogP contribution in [0.2, 0.25) is 0 Å². The Balaban J connectivity index is 1.74. The Kier molecular flexibility index (Phi) is 5.76. The maximum Gasteiger partial charge on any atom is 0.315 e. The molecule has 0 bridgehead atoms. The van der Waals surface area contributed by atoms with Gasteiger partial charge in [0, 0.05) is 34.5 Å². The molecule has 1 aliphatic carbocycles. The van der Waals surface area contributed by atoms with Gasteiger partial charge in [-0.1, -0.05) is 12.1 Å². The van der Waals surface area contributed by atoms with Crippen LogP contribution in [0.15, 0.2) is 29.2 Å². The highest BCUT2D eigenvalue weighted by atomic mass is 32.2. The monoisotopic (exact) mass is 310 g/mol. The number of hydrogen-bond donors (Lipinski definition) is 3. The topological polar surface area (TPSA) is 78.4 Å². The van der Waals surface area contributed by atoms with Crippen LogP contribution in [-0.2, 0) is 17.3 Å². The Morgan fingerprint density at radius 3 is 2.43 bits per heavy atom. The van der Waals surface area contributed by atoms with Gasteiger partial charge in [-0.15, -0.1) is 0 Å². The van der Waals surface area contributed by atoms with Crippen LogP contribution >= 0.6 is 0 Å². The van der Waals surface area contributed by atoms with Crippen molar-refractivity contribution in [3.63, 3.8) is 0 Å². The van der Waals surface area contributed by atoms with Gasteiger partial charge in [-0.2, -0.15) is 0 Å². The second-order valence-corrected chi connectivity index (χ2v) is 6.81. The lowest BCUT2D eigenvalue weighted by Gasteiger charge is -2.26. The summed E-state index contributed by atoms with van der Waals surface area (Å²) in [6.45, 7) is 0.442. The SMILES string of the molecule is CS(=O)c1ccc(CNC(=O)NC2CCC(O)CC2)cc1. The molecule has 6 heteroatoms. The second kappa shape index (κ2) is 7.56. The Morgan fingerprint density at radius 2 is 1.86 bits per heavy atom. The Hall–Kier alpha value is -1.40. The number of hydrogen-bond acceptors (Lipinski definition) is 3. The first-order valence-corrected chi connectivity index (χ1v) is 8.75. The molecule has 1 aliphatic rings. The predicted molar refractivity (Wildman–Crippen MR) is 82.4 cm³/mol. The Labute approximate surface area is 127 Å². The highest BCUT2D eigenvalue weighted by Crippen LogP contribution is 2.18. The van der Waals surface area contributed by atoms with Gasteiger partial charge < -0.3 is 15.7 Å². The van der Waals surface area contributed by atoms with Crippen LogP contribution in [0.25, 0.3) is 0 Å². The van der Waals surface area contributed by atoms with E-state index in [0.717, 1.165) is 36.1 Å². The van der Waals surface area contributed by atoms with E-state index in [2.05, 4.69) is 10.6 Å². The van der Waals surface area contributed by atoms with Crippen molar-refractivity contribution in [3.05, 3.63) is 29.8 Å². The first kappa shape index (κ1) is 16.0. The maximum atomic E-state index is 11.8. The quantitative estimate of drug-likeness (QED) is 0.789. The molecule has 1 atom stereocenters. The van der Waals surface area contributed by atoms with Crippen molar-refractivity contribution in [1.29, 1.82) is 0 Å². The fourth-order valence-corrected chi connectivity index (χ4v) is 2.96. The summed E-state index contributed by atoms with van der Waals surface area (Å²) in [6, 6.07) is 7.33. The molecule has 1 aromatic rings. The average molecular weight is 310 g/mol. The number of aliphatic hydroxyl groups is 1. The summed E-state index contributed by atoms with van der Waals surface area (Å²) >= 11 is 0. The molecule has 5 nitrogen and oxygen atoms in total. The minimum Gasteiger partial charge on any atom is -0.393 e. The fourth-order valence-electron chi connectivity index (χ4n) is 2.44. The van der Waals surface area contributed by atoms with Gasteiger partial charge in [-0.3, -0.25) is 4.21 Å². The van der Waals surface area contributed by atoms with Gasteiger partial charge in [0.25, 0.3) is 0 Å². The van der Waals surface area contributed by atoms with Gasteiger partial charge in [-0.05, 0) is 43.4 Å². The molecule has 2 rings (SSSR count). The lowest BCUT2D eigenvalue weighted by atomic mass is 9.93. The zero-order valence-corrected chi connectivity index (χ0v) is 13.0. The van der Waals surface area contributed by atoms with E-state index in [9.17, 15) is 14.1 Å². The molecule has 116 valence electrons. The lowest BCUT2D eigenvalue weighted by molar-refractivity contribution is 0.117. The summed E-state index contributed by atoms with van der Waals surface area (Å²) in [5.74, 6) is 0. The van der Waals surface area contributed by atoms with Crippen molar-refractivity contribution in [3.8, 4) is 0 Å². The standard InChI is InChI=1S/C15H22N2O3S/c1-21(20)14-8-2-11(3-9-14)10-16-15(19)17-12-4-6-13(18)7-5-12/h2-3,8-9,12-13,18H,4-7,10H2,1H3,(H2,16,17,19). The summed E-state index contributed by atoms with van der Waals surface area (Å²) in [5.41, 5.74) is 0.971. The normalized spacial score (nSPS) is 23.3. The highest BCUT2D eigenvalue weighted by molar-refractivity contribution is 7.84. The Morgan fingerprint density at radius 1 is 1.24 bits per heavy atom. The van der Waals surface area contributed by atoms with Crippen LogP contribution in [0.5, 0.6) is 0 Å². The van der Waals surface area contributed by atoms with Gasteiger partial charge in [0.2, 0.25) is 0 Å². The van der Waals surface area contributed by atoms with Gasteiger partial charge in [0.15, 0.2) is 0 Å². The number of rotatable bonds is 4. The van der Waals surface area contributed by atoms with E-state index in [-0.39, 0.29) is 18.2 Å². The van der Waals surface area contributed by atoms with E-state index in [0.29, 0.717) is 6.54 Å².